The fourth-order valence-corrected chi connectivity index (χ4v) is 3.52. The second-order valence-electron chi connectivity index (χ2n) is 4.36. The number of hydrogen-bond acceptors (Lipinski definition) is 1. The Labute approximate surface area is 119 Å². The maximum Gasteiger partial charge on any atom is 0.128 e. The van der Waals surface area contributed by atoms with Gasteiger partial charge in [0.05, 0.1) is 5.75 Å². The first-order valence-electron chi connectivity index (χ1n) is 5.90. The van der Waals surface area contributed by atoms with Crippen LogP contribution >= 0.6 is 11.6 Å². The molecule has 0 saturated carbocycles. The molecular weight excluding hydrogens is 283 g/mol. The third-order valence-corrected chi connectivity index (χ3v) is 4.54. The lowest BCUT2D eigenvalue weighted by Crippen LogP contribution is -2.03. The van der Waals surface area contributed by atoms with Gasteiger partial charge in [0.1, 0.15) is 5.82 Å². The SMILES string of the molecule is Cc1ccccc1C[S@](=O)Cc1c(F)cccc1Cl. The zero-order valence-electron chi connectivity index (χ0n) is 10.5. The summed E-state index contributed by atoms with van der Waals surface area (Å²) in [6.07, 6.45) is 0. The van der Waals surface area contributed by atoms with E-state index >= 15 is 0 Å². The zero-order valence-corrected chi connectivity index (χ0v) is 12.1. The Hall–Kier alpha value is -1.19. The van der Waals surface area contributed by atoms with Crippen LogP contribution in [0.4, 0.5) is 4.39 Å². The van der Waals surface area contributed by atoms with Crippen LogP contribution in [0.25, 0.3) is 0 Å². The summed E-state index contributed by atoms with van der Waals surface area (Å²) < 4.78 is 25.7. The van der Waals surface area contributed by atoms with E-state index in [1.165, 1.54) is 6.07 Å². The van der Waals surface area contributed by atoms with E-state index in [1.54, 1.807) is 12.1 Å². The molecule has 2 aromatic carbocycles. The van der Waals surface area contributed by atoms with Gasteiger partial charge in [-0.1, -0.05) is 41.9 Å². The first-order chi connectivity index (χ1) is 9.08. The number of halogens is 2. The van der Waals surface area contributed by atoms with Crippen molar-refractivity contribution in [3.8, 4) is 0 Å². The molecule has 0 aliphatic heterocycles. The summed E-state index contributed by atoms with van der Waals surface area (Å²) in [5.41, 5.74) is 2.44. The van der Waals surface area contributed by atoms with Crippen LogP contribution < -0.4 is 0 Å². The number of benzene rings is 2. The van der Waals surface area contributed by atoms with E-state index in [4.69, 9.17) is 11.6 Å². The summed E-state index contributed by atoms with van der Waals surface area (Å²) in [4.78, 5) is 0. The molecule has 100 valence electrons. The Bertz CT molecular complexity index is 593. The van der Waals surface area contributed by atoms with Crippen LogP contribution in [0.5, 0.6) is 0 Å². The average Bonchev–Trinajstić information content (AvgIpc) is 2.37. The minimum atomic E-state index is -1.18. The van der Waals surface area contributed by atoms with Gasteiger partial charge in [-0.25, -0.2) is 4.39 Å². The molecule has 1 nitrogen and oxygen atoms in total. The molecule has 0 aliphatic rings. The van der Waals surface area contributed by atoms with Gasteiger partial charge >= 0.3 is 0 Å². The molecule has 0 aromatic heterocycles. The van der Waals surface area contributed by atoms with Crippen LogP contribution in [0, 0.1) is 12.7 Å². The van der Waals surface area contributed by atoms with Crippen molar-refractivity contribution in [3.05, 3.63) is 70.0 Å². The predicted molar refractivity (Wildman–Crippen MR) is 78.1 cm³/mol. The molecule has 0 saturated heterocycles. The Morgan fingerprint density at radius 3 is 2.53 bits per heavy atom. The second kappa shape index (κ2) is 6.31. The summed E-state index contributed by atoms with van der Waals surface area (Å²) in [6, 6.07) is 12.3. The van der Waals surface area contributed by atoms with Crippen molar-refractivity contribution < 1.29 is 8.60 Å². The summed E-state index contributed by atoms with van der Waals surface area (Å²) in [5, 5.41) is 0.332. The van der Waals surface area contributed by atoms with Gasteiger partial charge in [0.25, 0.3) is 0 Å². The molecule has 0 N–H and O–H groups in total. The van der Waals surface area contributed by atoms with Crippen LogP contribution in [0.3, 0.4) is 0 Å². The Morgan fingerprint density at radius 2 is 1.84 bits per heavy atom. The quantitative estimate of drug-likeness (QED) is 0.825. The van der Waals surface area contributed by atoms with Gasteiger partial charge in [0.2, 0.25) is 0 Å². The maximum atomic E-state index is 13.6. The van der Waals surface area contributed by atoms with Crippen molar-refractivity contribution >= 4 is 22.4 Å². The van der Waals surface area contributed by atoms with Crippen molar-refractivity contribution in [1.29, 1.82) is 0 Å². The van der Waals surface area contributed by atoms with E-state index in [0.717, 1.165) is 11.1 Å². The van der Waals surface area contributed by atoms with Gasteiger partial charge in [0, 0.05) is 27.1 Å². The molecule has 0 spiro atoms. The molecule has 2 aromatic rings. The van der Waals surface area contributed by atoms with E-state index in [2.05, 4.69) is 0 Å². The molecule has 2 rings (SSSR count). The maximum absolute atomic E-state index is 13.6. The van der Waals surface area contributed by atoms with Crippen molar-refractivity contribution in [2.75, 3.05) is 0 Å². The minimum Gasteiger partial charge on any atom is -0.259 e. The lowest BCUT2D eigenvalue weighted by atomic mass is 10.1. The highest BCUT2D eigenvalue weighted by molar-refractivity contribution is 7.83. The summed E-state index contributed by atoms with van der Waals surface area (Å²) in [5.74, 6) is 0.155. The van der Waals surface area contributed by atoms with Gasteiger partial charge in [0.15, 0.2) is 0 Å². The molecule has 0 radical (unpaired) electrons. The fourth-order valence-electron chi connectivity index (χ4n) is 1.83. The largest absolute Gasteiger partial charge is 0.259 e. The third-order valence-electron chi connectivity index (χ3n) is 2.94. The monoisotopic (exact) mass is 296 g/mol. The van der Waals surface area contributed by atoms with Crippen LogP contribution in [0.15, 0.2) is 42.5 Å². The molecule has 0 bridgehead atoms. The normalized spacial score (nSPS) is 12.4. The van der Waals surface area contributed by atoms with E-state index in [0.29, 0.717) is 16.3 Å². The lowest BCUT2D eigenvalue weighted by molar-refractivity contribution is 0.615. The molecule has 1 atom stereocenters. The fraction of sp³-hybridized carbons (Fsp3) is 0.200. The Kier molecular flexibility index (Phi) is 4.72. The molecule has 19 heavy (non-hydrogen) atoms. The van der Waals surface area contributed by atoms with Crippen molar-refractivity contribution in [1.82, 2.24) is 0 Å². The van der Waals surface area contributed by atoms with E-state index in [9.17, 15) is 8.60 Å². The Morgan fingerprint density at radius 1 is 1.11 bits per heavy atom. The lowest BCUT2D eigenvalue weighted by Gasteiger charge is -2.08. The minimum absolute atomic E-state index is 0.139. The van der Waals surface area contributed by atoms with E-state index in [1.807, 2.05) is 31.2 Å². The van der Waals surface area contributed by atoms with Gasteiger partial charge in [-0.3, -0.25) is 4.21 Å². The predicted octanol–water partition coefficient (Wildman–Crippen LogP) is 4.24. The van der Waals surface area contributed by atoms with Crippen LogP contribution in [-0.4, -0.2) is 4.21 Å². The van der Waals surface area contributed by atoms with Crippen molar-refractivity contribution in [3.63, 3.8) is 0 Å². The highest BCUT2D eigenvalue weighted by Gasteiger charge is 2.11. The second-order valence-corrected chi connectivity index (χ2v) is 6.22. The molecule has 0 unspecified atom stereocenters. The van der Waals surface area contributed by atoms with Crippen LogP contribution in [-0.2, 0) is 22.3 Å². The van der Waals surface area contributed by atoms with Crippen molar-refractivity contribution in [2.24, 2.45) is 0 Å². The summed E-state index contributed by atoms with van der Waals surface area (Å²) >= 11 is 5.93. The number of aryl methyl sites for hydroxylation is 1. The third kappa shape index (κ3) is 3.64. The van der Waals surface area contributed by atoms with Gasteiger partial charge in [-0.2, -0.15) is 0 Å². The molecule has 4 heteroatoms. The van der Waals surface area contributed by atoms with Crippen molar-refractivity contribution in [2.45, 2.75) is 18.4 Å². The van der Waals surface area contributed by atoms with Gasteiger partial charge in [-0.15, -0.1) is 0 Å². The summed E-state index contributed by atoms with van der Waals surface area (Å²) in [7, 11) is -1.18. The summed E-state index contributed by atoms with van der Waals surface area (Å²) in [6.45, 7) is 1.97. The van der Waals surface area contributed by atoms with Gasteiger partial charge < -0.3 is 0 Å². The average molecular weight is 297 g/mol. The van der Waals surface area contributed by atoms with Crippen LogP contribution in [0.1, 0.15) is 16.7 Å². The molecule has 0 aliphatic carbocycles. The smallest absolute Gasteiger partial charge is 0.128 e. The van der Waals surface area contributed by atoms with Gasteiger partial charge in [-0.05, 0) is 30.2 Å². The zero-order chi connectivity index (χ0) is 13.8. The van der Waals surface area contributed by atoms with E-state index in [-0.39, 0.29) is 5.75 Å². The molecule has 0 fully saturated rings. The highest BCUT2D eigenvalue weighted by Crippen LogP contribution is 2.22. The standard InChI is InChI=1S/C15H14ClFOS/c1-11-5-2-3-6-12(11)9-19(18)10-13-14(16)7-4-8-15(13)17/h2-8H,9-10H2,1H3/t19-/m0/s1. The first-order valence-corrected chi connectivity index (χ1v) is 7.77. The number of rotatable bonds is 4. The number of hydrogen-bond donors (Lipinski definition) is 0. The highest BCUT2D eigenvalue weighted by atomic mass is 35.5. The Balaban J connectivity index is 2.12. The first kappa shape index (κ1) is 14.2. The molecule has 0 amide bonds. The topological polar surface area (TPSA) is 17.1 Å². The van der Waals surface area contributed by atoms with E-state index < -0.39 is 16.6 Å². The molecule has 0 heterocycles. The molecular formula is C15H14ClFOS. The van der Waals surface area contributed by atoms with Crippen LogP contribution in [0.2, 0.25) is 5.02 Å².